The molecule has 7 nitrogen and oxygen atoms in total. The quantitative estimate of drug-likeness (QED) is 0.482. The van der Waals surface area contributed by atoms with E-state index in [1.165, 1.54) is 0 Å². The molecule has 3 aromatic rings. The van der Waals surface area contributed by atoms with Crippen LogP contribution in [0.25, 0.3) is 11.0 Å². The molecule has 4 rings (SSSR count). The van der Waals surface area contributed by atoms with Gasteiger partial charge in [0.05, 0.1) is 41.6 Å². The number of fused-ring (bicyclic) bond motifs is 1. The van der Waals surface area contributed by atoms with Gasteiger partial charge < -0.3 is 24.2 Å². The number of aryl methyl sites for hydroxylation is 1. The van der Waals surface area contributed by atoms with E-state index in [1.807, 2.05) is 52.0 Å². The van der Waals surface area contributed by atoms with E-state index in [9.17, 15) is 4.21 Å². The average Bonchev–Trinajstić information content (AvgIpc) is 3.27. The van der Waals surface area contributed by atoms with E-state index >= 15 is 0 Å². The van der Waals surface area contributed by atoms with Gasteiger partial charge in [0, 0.05) is 23.3 Å². The molecule has 0 radical (unpaired) electrons. The van der Waals surface area contributed by atoms with Crippen LogP contribution in [0.15, 0.2) is 35.6 Å². The Morgan fingerprint density at radius 3 is 2.84 bits per heavy atom. The van der Waals surface area contributed by atoms with Gasteiger partial charge in [0.15, 0.2) is 5.79 Å². The summed E-state index contributed by atoms with van der Waals surface area (Å²) in [5.74, 6) is 0.451. The predicted octanol–water partition coefficient (Wildman–Crippen LogP) is 0.436. The molecule has 0 saturated carbocycles. The van der Waals surface area contributed by atoms with E-state index in [4.69, 9.17) is 14.2 Å². The summed E-state index contributed by atoms with van der Waals surface area (Å²) < 4.78 is 30.2. The molecular formula is C22H26N3NaO4S. The van der Waals surface area contributed by atoms with Crippen LogP contribution in [0.2, 0.25) is 0 Å². The van der Waals surface area contributed by atoms with Crippen LogP contribution in [0, 0.1) is 13.8 Å². The Morgan fingerprint density at radius 1 is 1.29 bits per heavy atom. The molecule has 2 atom stereocenters. The minimum Gasteiger partial charge on any atom is -0.493 e. The second-order valence-electron chi connectivity index (χ2n) is 7.96. The zero-order chi connectivity index (χ0) is 21.3. The molecule has 1 aliphatic rings. The van der Waals surface area contributed by atoms with Crippen LogP contribution < -0.4 is 39.3 Å². The molecule has 2 unspecified atom stereocenters. The molecule has 0 N–H and O–H groups in total. The van der Waals surface area contributed by atoms with Crippen LogP contribution in [0.1, 0.15) is 37.1 Å². The van der Waals surface area contributed by atoms with Gasteiger partial charge in [0.2, 0.25) is 0 Å². The van der Waals surface area contributed by atoms with Gasteiger partial charge in [-0.15, -0.1) is 0 Å². The van der Waals surface area contributed by atoms with Crippen LogP contribution in [-0.2, 0) is 26.0 Å². The molecular weight excluding hydrogens is 425 g/mol. The van der Waals surface area contributed by atoms with Crippen LogP contribution >= 0.6 is 0 Å². The van der Waals surface area contributed by atoms with Crippen LogP contribution in [0.5, 0.6) is 5.75 Å². The third-order valence-electron chi connectivity index (χ3n) is 5.06. The van der Waals surface area contributed by atoms with Crippen molar-refractivity contribution in [1.29, 1.82) is 0 Å². The molecule has 0 spiro atoms. The third-order valence-corrected chi connectivity index (χ3v) is 6.18. The third kappa shape index (κ3) is 5.94. The van der Waals surface area contributed by atoms with E-state index < -0.39 is 16.6 Å². The predicted molar refractivity (Wildman–Crippen MR) is 114 cm³/mol. The summed E-state index contributed by atoms with van der Waals surface area (Å²) in [7, 11) is -1.39. The Kier molecular flexibility index (Phi) is 7.94. The van der Waals surface area contributed by atoms with Crippen molar-refractivity contribution in [3.05, 3.63) is 47.3 Å². The van der Waals surface area contributed by atoms with Crippen molar-refractivity contribution in [2.75, 3.05) is 13.2 Å². The topological polar surface area (TPSA) is 84.6 Å². The minimum absolute atomic E-state index is 0. The summed E-state index contributed by atoms with van der Waals surface area (Å²) in [5.41, 5.74) is 4.22. The summed E-state index contributed by atoms with van der Waals surface area (Å²) in [6.07, 6.45) is 2.44. The Balaban J connectivity index is 0.00000272. The Hall–Kier alpha value is -1.29. The second-order valence-corrected chi connectivity index (χ2v) is 9.30. The number of pyridine rings is 1. The summed E-state index contributed by atoms with van der Waals surface area (Å²) in [6.45, 7) is 8.83. The molecule has 1 aromatic carbocycles. The standard InChI is InChI=1S/C22H26N3O4S.Na/c1-14-5-6-17-18(11-14)25-21(24-17)30(26)13-19-15(2)20(7-9-23-19)27-10-8-16-12-28-22(3,4)29-16;/h5-7,9,11,16H,8,10,12-13H2,1-4H3;/q-1;+1. The summed E-state index contributed by atoms with van der Waals surface area (Å²) in [4.78, 5) is 13.2. The molecule has 31 heavy (non-hydrogen) atoms. The smallest absolute Gasteiger partial charge is 0.493 e. The van der Waals surface area contributed by atoms with Crippen molar-refractivity contribution in [2.24, 2.45) is 0 Å². The average molecular weight is 452 g/mol. The molecule has 1 saturated heterocycles. The number of hydrogen-bond acceptors (Lipinski definition) is 6. The fourth-order valence-electron chi connectivity index (χ4n) is 3.41. The van der Waals surface area contributed by atoms with Crippen LogP contribution in [-0.4, -0.2) is 39.3 Å². The van der Waals surface area contributed by atoms with Crippen molar-refractivity contribution >= 4 is 21.8 Å². The van der Waals surface area contributed by atoms with Gasteiger partial charge in [0.25, 0.3) is 0 Å². The SMILES string of the molecule is Cc1ccc2[n-]c(S(=O)Cc3nccc(OCCC4COC(C)(C)O4)c3C)nc2c1.[Na+]. The van der Waals surface area contributed by atoms with Gasteiger partial charge in [0.1, 0.15) is 5.75 Å². The van der Waals surface area contributed by atoms with Crippen molar-refractivity contribution in [3.63, 3.8) is 0 Å². The van der Waals surface area contributed by atoms with Gasteiger partial charge >= 0.3 is 29.6 Å². The fourth-order valence-corrected chi connectivity index (χ4v) is 4.47. The molecule has 1 fully saturated rings. The summed E-state index contributed by atoms with van der Waals surface area (Å²) >= 11 is 0. The number of rotatable bonds is 7. The Labute approximate surface area is 207 Å². The van der Waals surface area contributed by atoms with Crippen molar-refractivity contribution in [2.45, 2.75) is 56.9 Å². The monoisotopic (exact) mass is 451 g/mol. The molecule has 0 aliphatic carbocycles. The van der Waals surface area contributed by atoms with Crippen LogP contribution in [0.3, 0.4) is 0 Å². The fraction of sp³-hybridized carbons (Fsp3) is 0.455. The Bertz CT molecular complexity index is 1090. The normalized spacial score (nSPS) is 18.6. The molecule has 9 heteroatoms. The first kappa shape index (κ1) is 24.4. The second kappa shape index (κ2) is 10.1. The Morgan fingerprint density at radius 2 is 2.10 bits per heavy atom. The molecule has 160 valence electrons. The zero-order valence-corrected chi connectivity index (χ0v) is 21.5. The van der Waals surface area contributed by atoms with Gasteiger partial charge in [-0.05, 0) is 44.8 Å². The largest absolute Gasteiger partial charge is 1.00 e. The van der Waals surface area contributed by atoms with Crippen molar-refractivity contribution in [3.8, 4) is 5.75 Å². The maximum atomic E-state index is 12.9. The molecule has 0 bridgehead atoms. The zero-order valence-electron chi connectivity index (χ0n) is 18.7. The van der Waals surface area contributed by atoms with Gasteiger partial charge in [-0.3, -0.25) is 9.19 Å². The molecule has 1 aliphatic heterocycles. The van der Waals surface area contributed by atoms with E-state index in [0.717, 1.165) is 40.0 Å². The number of imidazole rings is 1. The number of ether oxygens (including phenoxy) is 3. The van der Waals surface area contributed by atoms with E-state index in [2.05, 4.69) is 15.0 Å². The van der Waals surface area contributed by atoms with Gasteiger partial charge in [-0.2, -0.15) is 0 Å². The minimum atomic E-state index is -1.39. The first-order valence-corrected chi connectivity index (χ1v) is 11.3. The molecule has 2 aromatic heterocycles. The van der Waals surface area contributed by atoms with E-state index in [-0.39, 0.29) is 41.4 Å². The van der Waals surface area contributed by atoms with Gasteiger partial charge in [-0.1, -0.05) is 23.8 Å². The summed E-state index contributed by atoms with van der Waals surface area (Å²) in [5, 5.41) is 0.337. The maximum absolute atomic E-state index is 12.9. The van der Waals surface area contributed by atoms with E-state index in [1.54, 1.807) is 6.20 Å². The number of nitrogens with zero attached hydrogens (tertiary/aromatic N) is 3. The number of aromatic nitrogens is 3. The van der Waals surface area contributed by atoms with E-state index in [0.29, 0.717) is 18.4 Å². The first-order valence-electron chi connectivity index (χ1n) is 9.99. The van der Waals surface area contributed by atoms with Gasteiger partial charge in [-0.25, -0.2) is 0 Å². The van der Waals surface area contributed by atoms with Crippen LogP contribution in [0.4, 0.5) is 0 Å². The number of hydrogen-bond donors (Lipinski definition) is 0. The molecule has 3 heterocycles. The van der Waals surface area contributed by atoms with Crippen molar-refractivity contribution < 1.29 is 48.0 Å². The van der Waals surface area contributed by atoms with Crippen molar-refractivity contribution in [1.82, 2.24) is 15.0 Å². The first-order chi connectivity index (χ1) is 14.3. The summed E-state index contributed by atoms with van der Waals surface area (Å²) in [6, 6.07) is 7.64. The maximum Gasteiger partial charge on any atom is 1.00 e. The number of benzene rings is 1. The molecule has 0 amide bonds.